The highest BCUT2D eigenvalue weighted by Gasteiger charge is 2.15. The summed E-state index contributed by atoms with van der Waals surface area (Å²) in [7, 11) is 0. The van der Waals surface area contributed by atoms with E-state index in [1.165, 1.54) is 11.3 Å². The Morgan fingerprint density at radius 2 is 2.42 bits per heavy atom. The average Bonchev–Trinajstić information content (AvgIpc) is 2.93. The first-order valence-corrected chi connectivity index (χ1v) is 6.51. The Morgan fingerprint density at radius 1 is 1.63 bits per heavy atom. The molecule has 0 saturated carbocycles. The molecule has 0 atom stereocenters. The first-order valence-electron chi connectivity index (χ1n) is 5.69. The van der Waals surface area contributed by atoms with Gasteiger partial charge in [-0.1, -0.05) is 5.16 Å². The van der Waals surface area contributed by atoms with Crippen LogP contribution >= 0.6 is 11.3 Å². The second-order valence-electron chi connectivity index (χ2n) is 3.70. The molecule has 2 aromatic rings. The number of thiophene rings is 1. The van der Waals surface area contributed by atoms with Crippen molar-refractivity contribution in [2.24, 2.45) is 0 Å². The summed E-state index contributed by atoms with van der Waals surface area (Å²) in [6, 6.07) is 1.68. The van der Waals surface area contributed by atoms with Crippen molar-refractivity contribution in [2.75, 3.05) is 17.7 Å². The molecule has 0 aromatic carbocycles. The standard InChI is InChI=1S/C11H14N4O3S/c1-3-17-11(16)10-7(12)4-9(19-10)13-5-8-14-6(2)18-15-8/h4,13H,3,5,12H2,1-2H3. The Balaban J connectivity index is 2.01. The molecule has 0 radical (unpaired) electrons. The summed E-state index contributed by atoms with van der Waals surface area (Å²) in [5.74, 6) is 0.644. The Bertz CT molecular complexity index is 578. The third-order valence-corrected chi connectivity index (χ3v) is 3.30. The van der Waals surface area contributed by atoms with Crippen LogP contribution in [0, 0.1) is 6.92 Å². The normalized spacial score (nSPS) is 10.4. The topological polar surface area (TPSA) is 103 Å². The minimum atomic E-state index is -0.409. The number of hydrogen-bond donors (Lipinski definition) is 2. The number of hydrogen-bond acceptors (Lipinski definition) is 8. The van der Waals surface area contributed by atoms with Crippen LogP contribution in [-0.4, -0.2) is 22.7 Å². The molecule has 0 spiro atoms. The van der Waals surface area contributed by atoms with Crippen molar-refractivity contribution in [3.63, 3.8) is 0 Å². The van der Waals surface area contributed by atoms with Crippen molar-refractivity contribution in [1.82, 2.24) is 10.1 Å². The Morgan fingerprint density at radius 3 is 3.05 bits per heavy atom. The second kappa shape index (κ2) is 5.70. The van der Waals surface area contributed by atoms with Crippen molar-refractivity contribution in [1.29, 1.82) is 0 Å². The molecule has 0 fully saturated rings. The SMILES string of the molecule is CCOC(=O)c1sc(NCc2noc(C)n2)cc1N. The molecule has 2 heterocycles. The van der Waals surface area contributed by atoms with Crippen LogP contribution in [0.3, 0.4) is 0 Å². The number of nitrogen functional groups attached to an aromatic ring is 1. The summed E-state index contributed by atoms with van der Waals surface area (Å²) >= 11 is 1.24. The number of esters is 1. The highest BCUT2D eigenvalue weighted by Crippen LogP contribution is 2.30. The van der Waals surface area contributed by atoms with Crippen LogP contribution in [0.25, 0.3) is 0 Å². The maximum absolute atomic E-state index is 11.6. The maximum atomic E-state index is 11.6. The minimum absolute atomic E-state index is 0.321. The predicted molar refractivity (Wildman–Crippen MR) is 71.0 cm³/mol. The molecule has 0 unspecified atom stereocenters. The van der Waals surface area contributed by atoms with E-state index in [0.717, 1.165) is 5.00 Å². The van der Waals surface area contributed by atoms with Gasteiger partial charge < -0.3 is 20.3 Å². The third-order valence-electron chi connectivity index (χ3n) is 2.21. The summed E-state index contributed by atoms with van der Waals surface area (Å²) in [5.41, 5.74) is 6.16. The Labute approximate surface area is 113 Å². The van der Waals surface area contributed by atoms with Crippen molar-refractivity contribution in [3.05, 3.63) is 22.7 Å². The number of carbonyl (C=O) groups excluding carboxylic acids is 1. The van der Waals surface area contributed by atoms with Crippen LogP contribution in [-0.2, 0) is 11.3 Å². The van der Waals surface area contributed by atoms with Gasteiger partial charge in [0.15, 0.2) is 5.82 Å². The lowest BCUT2D eigenvalue weighted by atomic mass is 10.4. The molecule has 19 heavy (non-hydrogen) atoms. The third kappa shape index (κ3) is 3.22. The lowest BCUT2D eigenvalue weighted by molar-refractivity contribution is 0.0533. The fraction of sp³-hybridized carbons (Fsp3) is 0.364. The zero-order valence-electron chi connectivity index (χ0n) is 10.6. The predicted octanol–water partition coefficient (Wildman–Crippen LogP) is 1.81. The number of ether oxygens (including phenoxy) is 1. The van der Waals surface area contributed by atoms with E-state index < -0.39 is 5.97 Å². The average molecular weight is 282 g/mol. The minimum Gasteiger partial charge on any atom is -0.462 e. The highest BCUT2D eigenvalue weighted by molar-refractivity contribution is 7.18. The first-order chi connectivity index (χ1) is 9.10. The van der Waals surface area contributed by atoms with E-state index in [1.54, 1.807) is 19.9 Å². The maximum Gasteiger partial charge on any atom is 0.350 e. The van der Waals surface area contributed by atoms with Crippen LogP contribution in [0.4, 0.5) is 10.7 Å². The lowest BCUT2D eigenvalue weighted by Crippen LogP contribution is -2.04. The van der Waals surface area contributed by atoms with Gasteiger partial charge in [-0.05, 0) is 13.0 Å². The first kappa shape index (κ1) is 13.3. The van der Waals surface area contributed by atoms with Crippen molar-refractivity contribution in [2.45, 2.75) is 20.4 Å². The zero-order chi connectivity index (χ0) is 13.8. The molecular weight excluding hydrogens is 268 g/mol. The molecule has 2 rings (SSSR count). The van der Waals surface area contributed by atoms with Gasteiger partial charge in [-0.2, -0.15) is 4.98 Å². The van der Waals surface area contributed by atoms with E-state index >= 15 is 0 Å². The fourth-order valence-electron chi connectivity index (χ4n) is 1.43. The zero-order valence-corrected chi connectivity index (χ0v) is 11.4. The van der Waals surface area contributed by atoms with Gasteiger partial charge in [-0.15, -0.1) is 11.3 Å². The van der Waals surface area contributed by atoms with Crippen molar-refractivity contribution < 1.29 is 14.1 Å². The molecule has 102 valence electrons. The Kier molecular flexibility index (Phi) is 4.00. The van der Waals surface area contributed by atoms with E-state index in [4.69, 9.17) is 15.0 Å². The van der Waals surface area contributed by atoms with Gasteiger partial charge in [-0.25, -0.2) is 4.79 Å². The van der Waals surface area contributed by atoms with Gasteiger partial charge >= 0.3 is 5.97 Å². The number of aryl methyl sites for hydroxylation is 1. The van der Waals surface area contributed by atoms with E-state index in [-0.39, 0.29) is 0 Å². The van der Waals surface area contributed by atoms with Crippen molar-refractivity contribution in [3.8, 4) is 0 Å². The van der Waals surface area contributed by atoms with Gasteiger partial charge in [-0.3, -0.25) is 0 Å². The fourth-order valence-corrected chi connectivity index (χ4v) is 2.30. The number of nitrogens with one attached hydrogen (secondary N) is 1. The van der Waals surface area contributed by atoms with Crippen LogP contribution in [0.15, 0.2) is 10.6 Å². The van der Waals surface area contributed by atoms with E-state index in [9.17, 15) is 4.79 Å². The Hall–Kier alpha value is -2.09. The summed E-state index contributed by atoms with van der Waals surface area (Å²) in [4.78, 5) is 16.1. The van der Waals surface area contributed by atoms with E-state index in [1.807, 2.05) is 0 Å². The summed E-state index contributed by atoms with van der Waals surface area (Å²) in [6.45, 7) is 4.19. The van der Waals surface area contributed by atoms with Crippen molar-refractivity contribution >= 4 is 28.0 Å². The molecule has 7 nitrogen and oxygen atoms in total. The van der Waals surface area contributed by atoms with Crippen LogP contribution in [0.2, 0.25) is 0 Å². The molecule has 2 aromatic heterocycles. The van der Waals surface area contributed by atoms with Gasteiger partial charge in [0.25, 0.3) is 0 Å². The molecule has 0 saturated heterocycles. The molecular formula is C11H14N4O3S. The second-order valence-corrected chi connectivity index (χ2v) is 4.75. The number of nitrogens with two attached hydrogens (primary N) is 1. The van der Waals surface area contributed by atoms with Gasteiger partial charge in [0.2, 0.25) is 5.89 Å². The monoisotopic (exact) mass is 282 g/mol. The number of anilines is 2. The smallest absolute Gasteiger partial charge is 0.350 e. The molecule has 3 N–H and O–H groups in total. The van der Waals surface area contributed by atoms with Gasteiger partial charge in [0, 0.05) is 6.92 Å². The van der Waals surface area contributed by atoms with Crippen LogP contribution in [0.5, 0.6) is 0 Å². The number of rotatable bonds is 5. The summed E-state index contributed by atoms with van der Waals surface area (Å²) < 4.78 is 9.77. The quantitative estimate of drug-likeness (QED) is 0.806. The molecule has 0 aliphatic heterocycles. The molecule has 0 aliphatic rings. The molecule has 0 amide bonds. The van der Waals surface area contributed by atoms with Gasteiger partial charge in [0.05, 0.1) is 23.8 Å². The van der Waals surface area contributed by atoms with Crippen LogP contribution < -0.4 is 11.1 Å². The summed E-state index contributed by atoms with van der Waals surface area (Å²) in [5, 5.41) is 7.59. The summed E-state index contributed by atoms with van der Waals surface area (Å²) in [6.07, 6.45) is 0. The highest BCUT2D eigenvalue weighted by atomic mass is 32.1. The lowest BCUT2D eigenvalue weighted by Gasteiger charge is -1.99. The van der Waals surface area contributed by atoms with E-state index in [0.29, 0.717) is 35.4 Å². The number of nitrogens with zero attached hydrogens (tertiary/aromatic N) is 2. The molecule has 0 aliphatic carbocycles. The largest absolute Gasteiger partial charge is 0.462 e. The number of aromatic nitrogens is 2. The molecule has 0 bridgehead atoms. The van der Waals surface area contributed by atoms with Gasteiger partial charge in [0.1, 0.15) is 4.88 Å². The number of carbonyl (C=O) groups is 1. The van der Waals surface area contributed by atoms with E-state index in [2.05, 4.69) is 15.5 Å². The van der Waals surface area contributed by atoms with Crippen LogP contribution in [0.1, 0.15) is 28.3 Å². The molecule has 8 heteroatoms.